The summed E-state index contributed by atoms with van der Waals surface area (Å²) in [4.78, 5) is 14.8. The van der Waals surface area contributed by atoms with E-state index in [0.29, 0.717) is 12.5 Å². The highest BCUT2D eigenvalue weighted by atomic mass is 16.5. The maximum absolute atomic E-state index is 12.7. The van der Waals surface area contributed by atoms with E-state index >= 15 is 0 Å². The van der Waals surface area contributed by atoms with Gasteiger partial charge in [0.25, 0.3) is 5.91 Å². The van der Waals surface area contributed by atoms with E-state index in [0.717, 1.165) is 45.4 Å². The summed E-state index contributed by atoms with van der Waals surface area (Å²) in [5.74, 6) is 0.690. The largest absolute Gasteiger partial charge is 0.374 e. The van der Waals surface area contributed by atoms with Crippen LogP contribution < -0.4 is 0 Å². The highest BCUT2D eigenvalue weighted by molar-refractivity contribution is 5.81. The lowest BCUT2D eigenvalue weighted by Gasteiger charge is -2.40. The van der Waals surface area contributed by atoms with Crippen LogP contribution in [0.15, 0.2) is 24.5 Å². The van der Waals surface area contributed by atoms with Gasteiger partial charge in [-0.2, -0.15) is 0 Å². The predicted octanol–water partition coefficient (Wildman–Crippen LogP) is 1.67. The fourth-order valence-electron chi connectivity index (χ4n) is 4.25. The first kappa shape index (κ1) is 14.3. The summed E-state index contributed by atoms with van der Waals surface area (Å²) in [6.07, 6.45) is 8.24. The van der Waals surface area contributed by atoms with Gasteiger partial charge in [-0.15, -0.1) is 0 Å². The van der Waals surface area contributed by atoms with Crippen LogP contribution in [-0.4, -0.2) is 53.4 Å². The number of hydrogen-bond acceptors (Lipinski definition) is 3. The van der Waals surface area contributed by atoms with Crippen LogP contribution in [0.3, 0.4) is 0 Å². The Hall–Kier alpha value is -1.33. The summed E-state index contributed by atoms with van der Waals surface area (Å²) in [7, 11) is 0. The van der Waals surface area contributed by atoms with E-state index in [2.05, 4.69) is 34.0 Å². The molecule has 4 rings (SSSR count). The van der Waals surface area contributed by atoms with Crippen LogP contribution in [0, 0.1) is 5.92 Å². The van der Waals surface area contributed by atoms with Crippen molar-refractivity contribution < 1.29 is 14.3 Å². The Labute approximate surface area is 131 Å². The highest BCUT2D eigenvalue weighted by Gasteiger charge is 2.45. The number of ether oxygens (including phenoxy) is 2. The van der Waals surface area contributed by atoms with E-state index in [1.165, 1.54) is 0 Å². The molecule has 1 aromatic rings. The zero-order valence-corrected chi connectivity index (χ0v) is 12.9. The average Bonchev–Trinajstić information content (AvgIpc) is 3.29. The van der Waals surface area contributed by atoms with Crippen molar-refractivity contribution in [2.75, 3.05) is 19.8 Å². The Morgan fingerprint density at radius 1 is 1.09 bits per heavy atom. The maximum Gasteiger partial charge on any atom is 0.252 e. The Morgan fingerprint density at radius 2 is 1.95 bits per heavy atom. The monoisotopic (exact) mass is 304 g/mol. The zero-order chi connectivity index (χ0) is 14.9. The summed E-state index contributed by atoms with van der Waals surface area (Å²) in [5.41, 5.74) is 0. The number of carbonyl (C=O) groups is 1. The number of morpholine rings is 1. The number of carbonyl (C=O) groups excluding carboxylic acids is 1. The van der Waals surface area contributed by atoms with E-state index in [1.807, 2.05) is 0 Å². The fraction of sp³-hybridized carbons (Fsp3) is 0.706. The molecule has 2 saturated heterocycles. The zero-order valence-electron chi connectivity index (χ0n) is 12.9. The topological polar surface area (TPSA) is 43.7 Å². The molecule has 22 heavy (non-hydrogen) atoms. The lowest BCUT2D eigenvalue weighted by molar-refractivity contribution is -0.155. The smallest absolute Gasteiger partial charge is 0.252 e. The van der Waals surface area contributed by atoms with Crippen molar-refractivity contribution in [3.63, 3.8) is 0 Å². The second-order valence-electron chi connectivity index (χ2n) is 6.65. The Bertz CT molecular complexity index is 510. The molecule has 1 saturated carbocycles. The second kappa shape index (κ2) is 6.05. The summed E-state index contributed by atoms with van der Waals surface area (Å²) in [5, 5.41) is 0. The molecule has 3 fully saturated rings. The summed E-state index contributed by atoms with van der Waals surface area (Å²) in [6, 6.07) is 4.36. The van der Waals surface area contributed by atoms with Crippen LogP contribution in [0.5, 0.6) is 0 Å². The molecule has 0 N–H and O–H groups in total. The predicted molar refractivity (Wildman–Crippen MR) is 81.4 cm³/mol. The Morgan fingerprint density at radius 3 is 2.73 bits per heavy atom. The number of aromatic nitrogens is 1. The number of rotatable bonds is 3. The summed E-state index contributed by atoms with van der Waals surface area (Å²) < 4.78 is 13.9. The van der Waals surface area contributed by atoms with Gasteiger partial charge in [0, 0.05) is 38.0 Å². The minimum atomic E-state index is -0.206. The first-order valence-corrected chi connectivity index (χ1v) is 8.47. The van der Waals surface area contributed by atoms with Crippen molar-refractivity contribution in [1.82, 2.24) is 9.47 Å². The van der Waals surface area contributed by atoms with Gasteiger partial charge in [-0.05, 0) is 37.8 Å². The van der Waals surface area contributed by atoms with Crippen molar-refractivity contribution >= 4 is 5.91 Å². The van der Waals surface area contributed by atoms with E-state index in [9.17, 15) is 4.79 Å². The molecule has 1 amide bonds. The molecule has 1 aromatic heterocycles. The molecule has 3 heterocycles. The van der Waals surface area contributed by atoms with Crippen molar-refractivity contribution in [2.24, 2.45) is 5.92 Å². The summed E-state index contributed by atoms with van der Waals surface area (Å²) >= 11 is 0. The van der Waals surface area contributed by atoms with Crippen LogP contribution in [0.2, 0.25) is 0 Å². The van der Waals surface area contributed by atoms with Crippen molar-refractivity contribution in [3.05, 3.63) is 24.5 Å². The van der Waals surface area contributed by atoms with E-state index < -0.39 is 0 Å². The van der Waals surface area contributed by atoms with Crippen LogP contribution in [-0.2, 0) is 20.8 Å². The normalized spacial score (nSPS) is 34.8. The first-order chi connectivity index (χ1) is 10.8. The third kappa shape index (κ3) is 2.57. The summed E-state index contributed by atoms with van der Waals surface area (Å²) in [6.45, 7) is 3.08. The van der Waals surface area contributed by atoms with Crippen LogP contribution in [0.25, 0.3) is 0 Å². The van der Waals surface area contributed by atoms with Gasteiger partial charge in [0.15, 0.2) is 0 Å². The van der Waals surface area contributed by atoms with E-state index in [1.54, 1.807) is 0 Å². The Balaban J connectivity index is 1.45. The maximum atomic E-state index is 12.7. The lowest BCUT2D eigenvalue weighted by atomic mass is 10.0. The standard InChI is InChI=1S/C17H24N2O3/c20-17(15-4-3-10-21-15)19-9-11-22-16-13(5-6-14(16)19)12-18-7-1-2-8-18/h1-2,7-8,13-16H,3-6,9-12H2/t13-,14-,15+,16+/m0/s1. The molecule has 120 valence electrons. The molecule has 5 heteroatoms. The quantitative estimate of drug-likeness (QED) is 0.853. The van der Waals surface area contributed by atoms with Gasteiger partial charge >= 0.3 is 0 Å². The molecule has 0 aromatic carbocycles. The van der Waals surface area contributed by atoms with Crippen molar-refractivity contribution in [3.8, 4) is 0 Å². The van der Waals surface area contributed by atoms with Gasteiger partial charge in [0.2, 0.25) is 0 Å². The molecule has 2 aliphatic heterocycles. The third-order valence-corrected chi connectivity index (χ3v) is 5.32. The molecule has 3 aliphatic rings. The van der Waals surface area contributed by atoms with Crippen LogP contribution in [0.1, 0.15) is 25.7 Å². The molecule has 0 spiro atoms. The van der Waals surface area contributed by atoms with Crippen LogP contribution >= 0.6 is 0 Å². The van der Waals surface area contributed by atoms with Gasteiger partial charge < -0.3 is 18.9 Å². The van der Waals surface area contributed by atoms with E-state index in [-0.39, 0.29) is 24.2 Å². The SMILES string of the molecule is O=C([C@H]1CCCO1)N1CCO[C@@H]2[C@H](Cn3cccc3)CC[C@@H]21. The first-order valence-electron chi connectivity index (χ1n) is 8.47. The molecule has 0 radical (unpaired) electrons. The van der Waals surface area contributed by atoms with Gasteiger partial charge in [0.05, 0.1) is 18.8 Å². The second-order valence-corrected chi connectivity index (χ2v) is 6.65. The minimum absolute atomic E-state index is 0.182. The van der Waals surface area contributed by atoms with E-state index in [4.69, 9.17) is 9.47 Å². The number of fused-ring (bicyclic) bond motifs is 1. The minimum Gasteiger partial charge on any atom is -0.374 e. The molecule has 1 aliphatic carbocycles. The highest BCUT2D eigenvalue weighted by Crippen LogP contribution is 2.36. The molecular weight excluding hydrogens is 280 g/mol. The lowest BCUT2D eigenvalue weighted by Crippen LogP contribution is -2.55. The van der Waals surface area contributed by atoms with Gasteiger partial charge in [0.1, 0.15) is 6.10 Å². The number of hydrogen-bond donors (Lipinski definition) is 0. The molecule has 0 unspecified atom stereocenters. The molecular formula is C17H24N2O3. The van der Waals surface area contributed by atoms with Gasteiger partial charge in [-0.25, -0.2) is 0 Å². The van der Waals surface area contributed by atoms with Gasteiger partial charge in [-0.3, -0.25) is 4.79 Å². The fourth-order valence-corrected chi connectivity index (χ4v) is 4.25. The Kier molecular flexibility index (Phi) is 3.92. The van der Waals surface area contributed by atoms with Crippen LogP contribution in [0.4, 0.5) is 0 Å². The average molecular weight is 304 g/mol. The van der Waals surface area contributed by atoms with Crippen molar-refractivity contribution in [1.29, 1.82) is 0 Å². The molecule has 4 atom stereocenters. The molecule has 0 bridgehead atoms. The van der Waals surface area contributed by atoms with Gasteiger partial charge in [-0.1, -0.05) is 0 Å². The number of nitrogens with zero attached hydrogens (tertiary/aromatic N) is 2. The number of amides is 1. The molecule has 5 nitrogen and oxygen atoms in total. The van der Waals surface area contributed by atoms with Crippen molar-refractivity contribution in [2.45, 2.75) is 50.5 Å². The third-order valence-electron chi connectivity index (χ3n) is 5.32.